The topological polar surface area (TPSA) is 56.6 Å². The van der Waals surface area contributed by atoms with Crippen LogP contribution >= 0.6 is 11.3 Å². The van der Waals surface area contributed by atoms with Crippen LogP contribution in [0.4, 0.5) is 5.69 Å². The van der Waals surface area contributed by atoms with Crippen molar-refractivity contribution in [3.63, 3.8) is 0 Å². The van der Waals surface area contributed by atoms with E-state index < -0.39 is 0 Å². The van der Waals surface area contributed by atoms with Crippen LogP contribution in [0.5, 0.6) is 5.75 Å². The molecule has 0 bridgehead atoms. The molecule has 1 aliphatic rings. The van der Waals surface area contributed by atoms with Crippen molar-refractivity contribution in [1.82, 2.24) is 4.90 Å². The van der Waals surface area contributed by atoms with E-state index in [1.165, 1.54) is 10.4 Å². The fraction of sp³-hybridized carbons (Fsp3) is 0.400. The molecular formula is C20H23N3O2S. The van der Waals surface area contributed by atoms with Gasteiger partial charge in [0, 0.05) is 30.2 Å². The molecule has 0 radical (unpaired) electrons. The van der Waals surface area contributed by atoms with Crippen LogP contribution in [0.25, 0.3) is 0 Å². The Hall–Kier alpha value is -2.36. The summed E-state index contributed by atoms with van der Waals surface area (Å²) in [6, 6.07) is 11.8. The van der Waals surface area contributed by atoms with E-state index in [4.69, 9.17) is 10.00 Å². The second-order valence-corrected chi connectivity index (χ2v) is 7.21. The number of ether oxygens (including phenoxy) is 1. The molecule has 3 rings (SSSR count). The van der Waals surface area contributed by atoms with Crippen LogP contribution in [0.1, 0.15) is 23.8 Å². The largest absolute Gasteiger partial charge is 0.494 e. The van der Waals surface area contributed by atoms with Crippen molar-refractivity contribution in [1.29, 1.82) is 5.26 Å². The summed E-state index contributed by atoms with van der Waals surface area (Å²) in [4.78, 5) is 18.3. The van der Waals surface area contributed by atoms with Gasteiger partial charge in [-0.2, -0.15) is 5.26 Å². The molecule has 0 fully saturated rings. The first kappa shape index (κ1) is 18.4. The normalized spacial score (nSPS) is 13.7. The van der Waals surface area contributed by atoms with E-state index in [2.05, 4.69) is 22.4 Å². The molecule has 26 heavy (non-hydrogen) atoms. The molecule has 0 N–H and O–H groups in total. The van der Waals surface area contributed by atoms with Gasteiger partial charge in [0.1, 0.15) is 5.75 Å². The molecule has 0 saturated heterocycles. The first-order chi connectivity index (χ1) is 12.7. The van der Waals surface area contributed by atoms with Gasteiger partial charge in [-0.1, -0.05) is 0 Å². The van der Waals surface area contributed by atoms with Crippen LogP contribution in [0.3, 0.4) is 0 Å². The van der Waals surface area contributed by atoms with Crippen molar-refractivity contribution in [2.24, 2.45) is 0 Å². The zero-order valence-corrected chi connectivity index (χ0v) is 15.8. The third kappa shape index (κ3) is 4.43. The lowest BCUT2D eigenvalue weighted by Gasteiger charge is -2.29. The molecule has 1 amide bonds. The van der Waals surface area contributed by atoms with Gasteiger partial charge in [-0.15, -0.1) is 11.3 Å². The zero-order chi connectivity index (χ0) is 18.4. The Morgan fingerprint density at radius 2 is 2.15 bits per heavy atom. The predicted molar refractivity (Wildman–Crippen MR) is 103 cm³/mol. The summed E-state index contributed by atoms with van der Waals surface area (Å²) in [5, 5.41) is 11.1. The van der Waals surface area contributed by atoms with Crippen LogP contribution in [-0.2, 0) is 17.8 Å². The summed E-state index contributed by atoms with van der Waals surface area (Å²) < 4.78 is 5.47. The molecule has 0 unspecified atom stereocenters. The van der Waals surface area contributed by atoms with Gasteiger partial charge in [0.15, 0.2) is 0 Å². The fourth-order valence-electron chi connectivity index (χ4n) is 3.17. The first-order valence-corrected chi connectivity index (χ1v) is 9.77. The van der Waals surface area contributed by atoms with Crippen molar-refractivity contribution in [3.05, 3.63) is 46.2 Å². The summed E-state index contributed by atoms with van der Waals surface area (Å²) in [6.07, 6.45) is 1.31. The summed E-state index contributed by atoms with van der Waals surface area (Å²) in [5.74, 6) is 0.813. The number of anilines is 1. The standard InChI is InChI=1S/C20H23N3O2S/c1-2-25-18-6-4-17(5-7-18)23(11-3-10-21)20(24)15-22-12-8-19-16(14-22)9-13-26-19/h4-7,9,13H,2-3,8,11-12,14-15H2,1H3. The molecule has 1 aliphatic heterocycles. The average Bonchev–Trinajstić information content (AvgIpc) is 3.11. The number of nitriles is 1. The molecule has 2 aromatic rings. The Morgan fingerprint density at radius 3 is 2.88 bits per heavy atom. The highest BCUT2D eigenvalue weighted by Gasteiger charge is 2.23. The number of amides is 1. The number of rotatable bonds is 7. The van der Waals surface area contributed by atoms with Gasteiger partial charge in [0.05, 0.1) is 25.6 Å². The molecule has 2 heterocycles. The van der Waals surface area contributed by atoms with Gasteiger partial charge in [0.25, 0.3) is 0 Å². The van der Waals surface area contributed by atoms with Gasteiger partial charge < -0.3 is 9.64 Å². The quantitative estimate of drug-likeness (QED) is 0.750. The van der Waals surface area contributed by atoms with Crippen molar-refractivity contribution in [2.75, 3.05) is 31.1 Å². The number of carbonyl (C=O) groups excluding carboxylic acids is 1. The maximum atomic E-state index is 12.9. The second kappa shape index (κ2) is 8.84. The molecule has 1 aromatic heterocycles. The minimum absolute atomic E-state index is 0.0306. The number of hydrogen-bond acceptors (Lipinski definition) is 5. The smallest absolute Gasteiger partial charge is 0.241 e. The van der Waals surface area contributed by atoms with Gasteiger partial charge in [0.2, 0.25) is 5.91 Å². The highest BCUT2D eigenvalue weighted by molar-refractivity contribution is 7.10. The molecule has 0 atom stereocenters. The predicted octanol–water partition coefficient (Wildman–Crippen LogP) is 3.45. The van der Waals surface area contributed by atoms with E-state index in [0.717, 1.165) is 30.9 Å². The lowest BCUT2D eigenvalue weighted by Crippen LogP contribution is -2.42. The monoisotopic (exact) mass is 369 g/mol. The van der Waals surface area contributed by atoms with Gasteiger partial charge in [-0.25, -0.2) is 0 Å². The van der Waals surface area contributed by atoms with E-state index in [9.17, 15) is 4.79 Å². The number of fused-ring (bicyclic) bond motifs is 1. The Kier molecular flexibility index (Phi) is 6.26. The Labute approximate surface area is 158 Å². The SMILES string of the molecule is CCOc1ccc(N(CCC#N)C(=O)CN2CCc3sccc3C2)cc1. The highest BCUT2D eigenvalue weighted by Crippen LogP contribution is 2.25. The van der Waals surface area contributed by atoms with Gasteiger partial charge in [-0.05, 0) is 54.6 Å². The van der Waals surface area contributed by atoms with E-state index in [-0.39, 0.29) is 5.91 Å². The summed E-state index contributed by atoms with van der Waals surface area (Å²) in [7, 11) is 0. The van der Waals surface area contributed by atoms with E-state index >= 15 is 0 Å². The van der Waals surface area contributed by atoms with Crippen molar-refractivity contribution in [2.45, 2.75) is 26.3 Å². The van der Waals surface area contributed by atoms with E-state index in [0.29, 0.717) is 26.1 Å². The number of carbonyl (C=O) groups is 1. The van der Waals surface area contributed by atoms with Crippen LogP contribution in [0.2, 0.25) is 0 Å². The highest BCUT2D eigenvalue weighted by atomic mass is 32.1. The molecule has 0 spiro atoms. The molecule has 5 nitrogen and oxygen atoms in total. The van der Waals surface area contributed by atoms with E-state index in [1.54, 1.807) is 16.2 Å². The number of benzene rings is 1. The summed E-state index contributed by atoms with van der Waals surface area (Å²) in [5.41, 5.74) is 2.14. The lowest BCUT2D eigenvalue weighted by atomic mass is 10.1. The van der Waals surface area contributed by atoms with Gasteiger partial charge in [-0.3, -0.25) is 9.69 Å². The zero-order valence-electron chi connectivity index (χ0n) is 15.0. The van der Waals surface area contributed by atoms with Crippen LogP contribution in [-0.4, -0.2) is 37.0 Å². The average molecular weight is 369 g/mol. The lowest BCUT2D eigenvalue weighted by molar-refractivity contribution is -0.119. The summed E-state index contributed by atoms with van der Waals surface area (Å²) >= 11 is 1.80. The minimum Gasteiger partial charge on any atom is -0.494 e. The molecule has 0 aliphatic carbocycles. The first-order valence-electron chi connectivity index (χ1n) is 8.89. The maximum absolute atomic E-state index is 12.9. The van der Waals surface area contributed by atoms with Crippen molar-refractivity contribution >= 4 is 22.9 Å². The Bertz CT molecular complexity index is 779. The summed E-state index contributed by atoms with van der Waals surface area (Å²) in [6.45, 7) is 5.04. The number of hydrogen-bond donors (Lipinski definition) is 0. The minimum atomic E-state index is 0.0306. The Morgan fingerprint density at radius 1 is 1.35 bits per heavy atom. The third-order valence-corrected chi connectivity index (χ3v) is 5.48. The van der Waals surface area contributed by atoms with Crippen molar-refractivity contribution in [3.8, 4) is 11.8 Å². The van der Waals surface area contributed by atoms with Crippen LogP contribution < -0.4 is 9.64 Å². The maximum Gasteiger partial charge on any atom is 0.241 e. The van der Waals surface area contributed by atoms with Crippen LogP contribution in [0.15, 0.2) is 35.7 Å². The van der Waals surface area contributed by atoms with Gasteiger partial charge >= 0.3 is 0 Å². The Balaban J connectivity index is 1.68. The molecule has 1 aromatic carbocycles. The fourth-order valence-corrected chi connectivity index (χ4v) is 4.06. The molecule has 6 heteroatoms. The number of nitrogens with zero attached hydrogens (tertiary/aromatic N) is 3. The molecule has 136 valence electrons. The van der Waals surface area contributed by atoms with Crippen LogP contribution in [0, 0.1) is 11.3 Å². The van der Waals surface area contributed by atoms with Crippen molar-refractivity contribution < 1.29 is 9.53 Å². The number of thiophene rings is 1. The second-order valence-electron chi connectivity index (χ2n) is 6.21. The van der Waals surface area contributed by atoms with E-state index in [1.807, 2.05) is 31.2 Å². The molecular weight excluding hydrogens is 346 g/mol. The third-order valence-electron chi connectivity index (χ3n) is 4.45. The molecule has 0 saturated carbocycles.